The van der Waals surface area contributed by atoms with E-state index in [0.717, 1.165) is 16.3 Å². The Labute approximate surface area is 122 Å². The first-order valence-electron chi connectivity index (χ1n) is 6.70. The second-order valence-electron chi connectivity index (χ2n) is 4.96. The fraction of sp³-hybridized carbons (Fsp3) is 0.0556. The second kappa shape index (κ2) is 5.37. The lowest BCUT2D eigenvalue weighted by molar-refractivity contribution is 0.102. The van der Waals surface area contributed by atoms with Gasteiger partial charge < -0.3 is 5.32 Å². The van der Waals surface area contributed by atoms with Crippen molar-refractivity contribution in [1.29, 1.82) is 0 Å². The number of hydrogen-bond acceptors (Lipinski definition) is 1. The molecule has 2 nitrogen and oxygen atoms in total. The van der Waals surface area contributed by atoms with Crippen molar-refractivity contribution in [3.05, 3.63) is 77.6 Å². The van der Waals surface area contributed by atoms with Crippen molar-refractivity contribution in [2.45, 2.75) is 6.92 Å². The minimum atomic E-state index is -0.427. The molecule has 3 aromatic carbocycles. The topological polar surface area (TPSA) is 29.1 Å². The summed E-state index contributed by atoms with van der Waals surface area (Å²) in [5.74, 6) is -0.738. The van der Waals surface area contributed by atoms with Gasteiger partial charge in [0.2, 0.25) is 0 Å². The van der Waals surface area contributed by atoms with Crippen molar-refractivity contribution in [3.63, 3.8) is 0 Å². The molecule has 3 aromatic rings. The summed E-state index contributed by atoms with van der Waals surface area (Å²) >= 11 is 0. The number of hydrogen-bond donors (Lipinski definition) is 1. The summed E-state index contributed by atoms with van der Waals surface area (Å²) in [4.78, 5) is 12.4. The number of amides is 1. The zero-order valence-electron chi connectivity index (χ0n) is 11.6. The minimum Gasteiger partial charge on any atom is -0.319 e. The van der Waals surface area contributed by atoms with Gasteiger partial charge in [0, 0.05) is 5.56 Å². The standard InChI is InChI=1S/C18H14FNO/c1-12-9-10-17(16(19)11-12)20-18(21)15-8-4-6-13-5-2-3-7-14(13)15/h2-11H,1H3,(H,20,21). The van der Waals surface area contributed by atoms with Gasteiger partial charge in [-0.2, -0.15) is 0 Å². The SMILES string of the molecule is Cc1ccc(NC(=O)c2cccc3ccccc23)c(F)c1. The second-order valence-corrected chi connectivity index (χ2v) is 4.96. The Bertz CT molecular complexity index is 821. The molecule has 3 heteroatoms. The molecule has 0 radical (unpaired) electrons. The van der Waals surface area contributed by atoms with Crippen LogP contribution in [-0.4, -0.2) is 5.91 Å². The van der Waals surface area contributed by atoms with Gasteiger partial charge in [-0.3, -0.25) is 4.79 Å². The monoisotopic (exact) mass is 279 g/mol. The molecule has 0 unspecified atom stereocenters. The number of nitrogens with one attached hydrogen (secondary N) is 1. The third kappa shape index (κ3) is 2.63. The van der Waals surface area contributed by atoms with Gasteiger partial charge in [0.15, 0.2) is 0 Å². The average molecular weight is 279 g/mol. The largest absolute Gasteiger partial charge is 0.319 e. The van der Waals surface area contributed by atoms with Crippen LogP contribution < -0.4 is 5.32 Å². The van der Waals surface area contributed by atoms with Gasteiger partial charge in [-0.15, -0.1) is 0 Å². The Morgan fingerprint density at radius 1 is 1.00 bits per heavy atom. The molecule has 0 heterocycles. The Balaban J connectivity index is 1.97. The quantitative estimate of drug-likeness (QED) is 0.733. The number of fused-ring (bicyclic) bond motifs is 1. The summed E-state index contributed by atoms with van der Waals surface area (Å²) in [5.41, 5.74) is 1.54. The summed E-state index contributed by atoms with van der Waals surface area (Å²) in [6.07, 6.45) is 0. The Morgan fingerprint density at radius 2 is 1.76 bits per heavy atom. The van der Waals surface area contributed by atoms with Crippen LogP contribution in [-0.2, 0) is 0 Å². The average Bonchev–Trinajstić information content (AvgIpc) is 2.49. The molecule has 0 bridgehead atoms. The van der Waals surface area contributed by atoms with Crippen molar-refractivity contribution in [3.8, 4) is 0 Å². The van der Waals surface area contributed by atoms with Gasteiger partial charge in [-0.1, -0.05) is 42.5 Å². The summed E-state index contributed by atoms with van der Waals surface area (Å²) in [6, 6.07) is 17.9. The van der Waals surface area contributed by atoms with E-state index in [9.17, 15) is 9.18 Å². The summed E-state index contributed by atoms with van der Waals surface area (Å²) < 4.78 is 13.8. The van der Waals surface area contributed by atoms with Crippen LogP contribution >= 0.6 is 0 Å². The van der Waals surface area contributed by atoms with E-state index in [1.165, 1.54) is 6.07 Å². The first kappa shape index (κ1) is 13.3. The molecule has 0 saturated heterocycles. The molecule has 0 atom stereocenters. The first-order valence-corrected chi connectivity index (χ1v) is 6.70. The van der Waals surface area contributed by atoms with Gasteiger partial charge in [-0.25, -0.2) is 4.39 Å². The highest BCUT2D eigenvalue weighted by Crippen LogP contribution is 2.21. The summed E-state index contributed by atoms with van der Waals surface area (Å²) in [5, 5.41) is 4.46. The van der Waals surface area contributed by atoms with Crippen LogP contribution in [0.3, 0.4) is 0 Å². The van der Waals surface area contributed by atoms with Crippen LogP contribution in [0.4, 0.5) is 10.1 Å². The van der Waals surface area contributed by atoms with Crippen molar-refractivity contribution < 1.29 is 9.18 Å². The van der Waals surface area contributed by atoms with Crippen LogP contribution in [0, 0.1) is 12.7 Å². The molecule has 0 aliphatic rings. The molecule has 1 amide bonds. The van der Waals surface area contributed by atoms with Gasteiger partial charge in [-0.05, 0) is 41.5 Å². The number of aryl methyl sites for hydroxylation is 1. The van der Waals surface area contributed by atoms with Crippen molar-refractivity contribution in [1.82, 2.24) is 0 Å². The Kier molecular flexibility index (Phi) is 3.40. The number of anilines is 1. The maximum absolute atomic E-state index is 13.8. The van der Waals surface area contributed by atoms with Gasteiger partial charge >= 0.3 is 0 Å². The number of carbonyl (C=O) groups is 1. The fourth-order valence-electron chi connectivity index (χ4n) is 2.33. The lowest BCUT2D eigenvalue weighted by atomic mass is 10.0. The number of benzene rings is 3. The van der Waals surface area contributed by atoms with E-state index in [1.807, 2.05) is 36.4 Å². The van der Waals surface area contributed by atoms with Crippen LogP contribution in [0.15, 0.2) is 60.7 Å². The molecule has 0 aliphatic carbocycles. The van der Waals surface area contributed by atoms with Crippen molar-refractivity contribution >= 4 is 22.4 Å². The highest BCUT2D eigenvalue weighted by molar-refractivity contribution is 6.12. The molecule has 3 rings (SSSR count). The van der Waals surface area contributed by atoms with Crippen molar-refractivity contribution in [2.24, 2.45) is 0 Å². The fourth-order valence-corrected chi connectivity index (χ4v) is 2.33. The van der Waals surface area contributed by atoms with Crippen molar-refractivity contribution in [2.75, 3.05) is 5.32 Å². The van der Waals surface area contributed by atoms with Gasteiger partial charge in [0.1, 0.15) is 5.82 Å². The maximum atomic E-state index is 13.8. The van der Waals surface area contributed by atoms with Crippen LogP contribution in [0.2, 0.25) is 0 Å². The highest BCUT2D eigenvalue weighted by Gasteiger charge is 2.12. The third-order valence-corrected chi connectivity index (χ3v) is 3.41. The molecule has 0 spiro atoms. The zero-order chi connectivity index (χ0) is 14.8. The van der Waals surface area contributed by atoms with E-state index in [2.05, 4.69) is 5.32 Å². The van der Waals surface area contributed by atoms with E-state index in [1.54, 1.807) is 25.1 Å². The molecular weight excluding hydrogens is 265 g/mol. The Hall–Kier alpha value is -2.68. The normalized spacial score (nSPS) is 10.6. The number of rotatable bonds is 2. The van der Waals surface area contributed by atoms with Gasteiger partial charge in [0.25, 0.3) is 5.91 Å². The summed E-state index contributed by atoms with van der Waals surface area (Å²) in [7, 11) is 0. The van der Waals surface area contributed by atoms with Crippen LogP contribution in [0.1, 0.15) is 15.9 Å². The molecule has 0 aromatic heterocycles. The van der Waals surface area contributed by atoms with Crippen LogP contribution in [0.5, 0.6) is 0 Å². The minimum absolute atomic E-state index is 0.193. The predicted molar refractivity (Wildman–Crippen MR) is 83.0 cm³/mol. The van der Waals surface area contributed by atoms with E-state index in [0.29, 0.717) is 5.56 Å². The molecule has 0 saturated carbocycles. The summed E-state index contributed by atoms with van der Waals surface area (Å²) in [6.45, 7) is 1.80. The predicted octanol–water partition coefficient (Wildman–Crippen LogP) is 4.54. The molecule has 0 aliphatic heterocycles. The Morgan fingerprint density at radius 3 is 2.57 bits per heavy atom. The molecule has 21 heavy (non-hydrogen) atoms. The smallest absolute Gasteiger partial charge is 0.256 e. The number of halogens is 1. The highest BCUT2D eigenvalue weighted by atomic mass is 19.1. The maximum Gasteiger partial charge on any atom is 0.256 e. The first-order chi connectivity index (χ1) is 10.1. The van der Waals surface area contributed by atoms with E-state index >= 15 is 0 Å². The molecule has 104 valence electrons. The lowest BCUT2D eigenvalue weighted by Gasteiger charge is -2.09. The van der Waals surface area contributed by atoms with Gasteiger partial charge in [0.05, 0.1) is 5.69 Å². The zero-order valence-corrected chi connectivity index (χ0v) is 11.6. The van der Waals surface area contributed by atoms with E-state index in [4.69, 9.17) is 0 Å². The van der Waals surface area contributed by atoms with Crippen LogP contribution in [0.25, 0.3) is 10.8 Å². The third-order valence-electron chi connectivity index (χ3n) is 3.41. The lowest BCUT2D eigenvalue weighted by Crippen LogP contribution is -2.13. The number of carbonyl (C=O) groups excluding carboxylic acids is 1. The molecule has 1 N–H and O–H groups in total. The molecular formula is C18H14FNO. The van der Waals surface area contributed by atoms with E-state index < -0.39 is 5.82 Å². The molecule has 0 fully saturated rings. The van der Waals surface area contributed by atoms with E-state index in [-0.39, 0.29) is 11.6 Å².